The van der Waals surface area contributed by atoms with E-state index in [2.05, 4.69) is 30.3 Å². The van der Waals surface area contributed by atoms with Crippen molar-refractivity contribution < 1.29 is 14.1 Å². The minimum atomic E-state index is -0.148. The number of fused-ring (bicyclic) bond motifs is 1. The number of nitrogens with two attached hydrogens (primary N) is 1. The van der Waals surface area contributed by atoms with Crippen molar-refractivity contribution in [2.24, 2.45) is 0 Å². The van der Waals surface area contributed by atoms with E-state index in [9.17, 15) is 4.79 Å². The number of hydrogen-bond donors (Lipinski definition) is 2. The van der Waals surface area contributed by atoms with Gasteiger partial charge in [0.25, 0.3) is 5.89 Å². The zero-order valence-corrected chi connectivity index (χ0v) is 18.9. The van der Waals surface area contributed by atoms with E-state index in [1.54, 1.807) is 18.9 Å². The third-order valence-electron chi connectivity index (χ3n) is 5.40. The summed E-state index contributed by atoms with van der Waals surface area (Å²) in [6.07, 6.45) is 0. The number of amides is 2. The lowest BCUT2D eigenvalue weighted by atomic mass is 10.2. The average Bonchev–Trinajstić information content (AvgIpc) is 3.45. The number of rotatable bonds is 4. The van der Waals surface area contributed by atoms with Gasteiger partial charge in [-0.2, -0.15) is 9.97 Å². The lowest BCUT2D eigenvalue weighted by Crippen LogP contribution is -2.50. The Kier molecular flexibility index (Phi) is 5.42. The molecule has 1 aromatic carbocycles. The number of thiophene rings is 1. The van der Waals surface area contributed by atoms with E-state index in [0.29, 0.717) is 49.4 Å². The van der Waals surface area contributed by atoms with Crippen LogP contribution >= 0.6 is 11.3 Å². The van der Waals surface area contributed by atoms with Crippen molar-refractivity contribution in [2.45, 2.75) is 6.92 Å². The maximum atomic E-state index is 12.7. The minimum Gasteiger partial charge on any atom is -0.497 e. The van der Waals surface area contributed by atoms with Crippen molar-refractivity contribution in [3.05, 3.63) is 35.5 Å². The lowest BCUT2D eigenvalue weighted by Gasteiger charge is -2.35. The molecule has 12 heteroatoms. The van der Waals surface area contributed by atoms with Crippen LogP contribution in [-0.4, -0.2) is 64.3 Å². The number of aromatic nitrogens is 4. The van der Waals surface area contributed by atoms with Gasteiger partial charge in [-0.15, -0.1) is 11.3 Å². The molecule has 1 aliphatic heterocycles. The van der Waals surface area contributed by atoms with Crippen LogP contribution in [0.3, 0.4) is 0 Å². The van der Waals surface area contributed by atoms with Crippen LogP contribution in [0.1, 0.15) is 5.82 Å². The van der Waals surface area contributed by atoms with Crippen LogP contribution in [0, 0.1) is 6.92 Å². The number of carbonyl (C=O) groups is 1. The first-order valence-electron chi connectivity index (χ1n) is 10.3. The molecule has 0 atom stereocenters. The lowest BCUT2D eigenvalue weighted by molar-refractivity contribution is 0.208. The van der Waals surface area contributed by atoms with Gasteiger partial charge < -0.3 is 30.1 Å². The molecule has 1 fully saturated rings. The van der Waals surface area contributed by atoms with Gasteiger partial charge in [-0.25, -0.2) is 9.78 Å². The Bertz CT molecular complexity index is 1290. The van der Waals surface area contributed by atoms with Gasteiger partial charge in [-0.3, -0.25) is 0 Å². The highest BCUT2D eigenvalue weighted by atomic mass is 32.1. The fraction of sp³-hybridized carbons (Fsp3) is 0.286. The smallest absolute Gasteiger partial charge is 0.321 e. The summed E-state index contributed by atoms with van der Waals surface area (Å²) < 4.78 is 10.5. The molecule has 0 radical (unpaired) electrons. The zero-order valence-electron chi connectivity index (χ0n) is 18.1. The molecule has 1 saturated heterocycles. The Morgan fingerprint density at radius 3 is 2.58 bits per heavy atom. The van der Waals surface area contributed by atoms with Crippen molar-refractivity contribution in [2.75, 3.05) is 49.2 Å². The van der Waals surface area contributed by atoms with Gasteiger partial charge >= 0.3 is 6.03 Å². The van der Waals surface area contributed by atoms with E-state index in [1.165, 1.54) is 11.3 Å². The highest BCUT2D eigenvalue weighted by Crippen LogP contribution is 2.38. The number of carbonyl (C=O) groups excluding carboxylic acids is 1. The van der Waals surface area contributed by atoms with Crippen LogP contribution < -0.4 is 20.7 Å². The molecule has 0 saturated carbocycles. The Hall–Kier alpha value is -3.93. The maximum absolute atomic E-state index is 12.7. The third-order valence-corrected chi connectivity index (χ3v) is 6.27. The van der Waals surface area contributed by atoms with Gasteiger partial charge in [0.15, 0.2) is 5.82 Å². The average molecular weight is 467 g/mol. The monoisotopic (exact) mass is 466 g/mol. The quantitative estimate of drug-likeness (QED) is 0.465. The molecule has 0 unspecified atom stereocenters. The van der Waals surface area contributed by atoms with Crippen LogP contribution in [-0.2, 0) is 0 Å². The number of piperazine rings is 1. The highest BCUT2D eigenvalue weighted by Gasteiger charge is 2.26. The van der Waals surface area contributed by atoms with Crippen molar-refractivity contribution in [1.29, 1.82) is 0 Å². The second kappa shape index (κ2) is 8.54. The SMILES string of the molecule is COc1ccc(NC(=O)N2CCN(c3nc(N)nc4scc(-c5nc(C)no5)c34)CC2)cc1. The number of nitrogens with zero attached hydrogens (tertiary/aromatic N) is 6. The molecule has 4 heterocycles. The van der Waals surface area contributed by atoms with Gasteiger partial charge in [-0.1, -0.05) is 5.16 Å². The van der Waals surface area contributed by atoms with Crippen LogP contribution in [0.5, 0.6) is 5.75 Å². The maximum Gasteiger partial charge on any atom is 0.321 e. The molecule has 0 bridgehead atoms. The van der Waals surface area contributed by atoms with Crippen molar-refractivity contribution in [1.82, 2.24) is 25.0 Å². The van der Waals surface area contributed by atoms with Crippen molar-refractivity contribution in [3.8, 4) is 17.2 Å². The number of methoxy groups -OCH3 is 1. The molecule has 170 valence electrons. The third kappa shape index (κ3) is 4.12. The topological polar surface area (TPSA) is 136 Å². The summed E-state index contributed by atoms with van der Waals surface area (Å²) in [5.41, 5.74) is 7.49. The first kappa shape index (κ1) is 20.9. The fourth-order valence-electron chi connectivity index (χ4n) is 3.73. The van der Waals surface area contributed by atoms with Crippen LogP contribution in [0.4, 0.5) is 22.2 Å². The molecule has 33 heavy (non-hydrogen) atoms. The highest BCUT2D eigenvalue weighted by molar-refractivity contribution is 7.17. The number of hydrogen-bond acceptors (Lipinski definition) is 10. The molecule has 5 rings (SSSR count). The Labute approximate surface area is 193 Å². The van der Waals surface area contributed by atoms with Gasteiger partial charge in [0.1, 0.15) is 16.4 Å². The fourth-order valence-corrected chi connectivity index (χ4v) is 4.64. The van der Waals surface area contributed by atoms with Crippen LogP contribution in [0.15, 0.2) is 34.2 Å². The summed E-state index contributed by atoms with van der Waals surface area (Å²) in [6.45, 7) is 4.03. The van der Waals surface area contributed by atoms with Crippen LogP contribution in [0.25, 0.3) is 21.7 Å². The first-order valence-corrected chi connectivity index (χ1v) is 11.2. The molecule has 11 nitrogen and oxygen atoms in total. The minimum absolute atomic E-state index is 0.148. The summed E-state index contributed by atoms with van der Waals surface area (Å²) in [5, 5.41) is 9.57. The Balaban J connectivity index is 1.33. The first-order chi connectivity index (χ1) is 16.0. The molecule has 3 N–H and O–H groups in total. The zero-order chi connectivity index (χ0) is 22.9. The largest absolute Gasteiger partial charge is 0.497 e. The summed E-state index contributed by atoms with van der Waals surface area (Å²) in [5.74, 6) is 2.62. The van der Waals surface area contributed by atoms with E-state index in [4.69, 9.17) is 15.0 Å². The van der Waals surface area contributed by atoms with Gasteiger partial charge in [0, 0.05) is 37.2 Å². The van der Waals surface area contributed by atoms with Gasteiger partial charge in [0.2, 0.25) is 5.95 Å². The Morgan fingerprint density at radius 1 is 1.15 bits per heavy atom. The number of nitrogens with one attached hydrogen (secondary N) is 1. The number of urea groups is 1. The second-order valence-corrected chi connectivity index (χ2v) is 8.37. The van der Waals surface area contributed by atoms with Gasteiger partial charge in [0.05, 0.1) is 18.1 Å². The number of aryl methyl sites for hydroxylation is 1. The molecular formula is C21H22N8O3S. The van der Waals surface area contributed by atoms with Crippen molar-refractivity contribution in [3.63, 3.8) is 0 Å². The number of anilines is 3. The predicted molar refractivity (Wildman–Crippen MR) is 126 cm³/mol. The van der Waals surface area contributed by atoms with E-state index in [-0.39, 0.29) is 12.0 Å². The van der Waals surface area contributed by atoms with E-state index in [0.717, 1.165) is 21.5 Å². The normalized spacial score (nSPS) is 14.0. The van der Waals surface area contributed by atoms with E-state index < -0.39 is 0 Å². The van der Waals surface area contributed by atoms with Crippen molar-refractivity contribution >= 4 is 45.0 Å². The standard InChI is InChI=1S/C21H22N8O3S/c1-12-23-18(32-27-12)15-11-33-19-16(15)17(25-20(22)26-19)28-7-9-29(10-8-28)21(30)24-13-3-5-14(31-2)6-4-13/h3-6,11H,7-10H2,1-2H3,(H,24,30)(H2,22,25,26). The Morgan fingerprint density at radius 2 is 1.91 bits per heavy atom. The molecule has 0 aliphatic carbocycles. The summed E-state index contributed by atoms with van der Waals surface area (Å²) in [6, 6.07) is 7.09. The molecule has 3 aromatic heterocycles. The molecule has 1 aliphatic rings. The molecular weight excluding hydrogens is 444 g/mol. The van der Waals surface area contributed by atoms with E-state index >= 15 is 0 Å². The predicted octanol–water partition coefficient (Wildman–Crippen LogP) is 2.99. The second-order valence-electron chi connectivity index (χ2n) is 7.51. The summed E-state index contributed by atoms with van der Waals surface area (Å²) in [4.78, 5) is 30.6. The summed E-state index contributed by atoms with van der Waals surface area (Å²) >= 11 is 1.45. The molecule has 0 spiro atoms. The number of benzene rings is 1. The molecule has 4 aromatic rings. The summed E-state index contributed by atoms with van der Waals surface area (Å²) in [7, 11) is 1.61. The number of ether oxygens (including phenoxy) is 1. The molecule has 2 amide bonds. The number of nitrogen functional groups attached to an aromatic ring is 1. The van der Waals surface area contributed by atoms with Gasteiger partial charge in [-0.05, 0) is 31.2 Å². The van der Waals surface area contributed by atoms with E-state index in [1.807, 2.05) is 29.6 Å². The van der Waals surface area contributed by atoms with Crippen LogP contribution in [0.2, 0.25) is 0 Å².